The number of pyridine rings is 1. The fraction of sp³-hybridized carbons (Fsp3) is 0.143. The summed E-state index contributed by atoms with van der Waals surface area (Å²) in [5, 5.41) is 5.92. The molecule has 0 fully saturated rings. The molecule has 1 N–H and O–H groups in total. The van der Waals surface area contributed by atoms with Crippen LogP contribution in [0.2, 0.25) is 15.2 Å². The zero-order chi connectivity index (χ0) is 14.1. The van der Waals surface area contributed by atoms with Crippen LogP contribution in [0, 0.1) is 0 Å². The topological polar surface area (TPSA) is 37.3 Å². The van der Waals surface area contributed by atoms with Gasteiger partial charge in [-0.1, -0.05) is 46.9 Å². The van der Waals surface area contributed by atoms with Crippen LogP contribution >= 0.6 is 34.8 Å². The largest absolute Gasteiger partial charge is 0.302 e. The van der Waals surface area contributed by atoms with Crippen molar-refractivity contribution in [2.75, 3.05) is 0 Å². The van der Waals surface area contributed by atoms with Gasteiger partial charge >= 0.3 is 0 Å². The van der Waals surface area contributed by atoms with Crippen molar-refractivity contribution < 1.29 is 0 Å². The molecule has 1 aliphatic heterocycles. The van der Waals surface area contributed by atoms with E-state index in [4.69, 9.17) is 34.8 Å². The lowest BCUT2D eigenvalue weighted by Crippen LogP contribution is -2.10. The molecule has 3 nitrogen and oxygen atoms in total. The summed E-state index contributed by atoms with van der Waals surface area (Å²) in [6.45, 7) is 0. The first-order valence-electron chi connectivity index (χ1n) is 6.02. The van der Waals surface area contributed by atoms with Gasteiger partial charge in [0, 0.05) is 12.6 Å². The Hall–Kier alpha value is -1.29. The summed E-state index contributed by atoms with van der Waals surface area (Å²) in [7, 11) is 0. The van der Waals surface area contributed by atoms with E-state index in [0.29, 0.717) is 15.2 Å². The highest BCUT2D eigenvalue weighted by atomic mass is 35.5. The average Bonchev–Trinajstić information content (AvgIpc) is 2.92. The van der Waals surface area contributed by atoms with Crippen molar-refractivity contribution in [3.8, 4) is 0 Å². The third-order valence-electron chi connectivity index (χ3n) is 3.16. The average molecular weight is 327 g/mol. The van der Waals surface area contributed by atoms with Gasteiger partial charge in [-0.25, -0.2) is 4.98 Å². The van der Waals surface area contributed by atoms with Crippen LogP contribution in [0.1, 0.15) is 23.6 Å². The fourth-order valence-corrected chi connectivity index (χ4v) is 2.49. The summed E-state index contributed by atoms with van der Waals surface area (Å²) in [4.78, 5) is 4.08. The van der Waals surface area contributed by atoms with E-state index in [2.05, 4.69) is 15.5 Å². The molecule has 1 aliphatic rings. The summed E-state index contributed by atoms with van der Waals surface area (Å²) in [6.07, 6.45) is 2.52. The zero-order valence-corrected chi connectivity index (χ0v) is 12.5. The molecule has 0 radical (unpaired) electrons. The molecule has 6 heteroatoms. The second kappa shape index (κ2) is 5.60. The second-order valence-electron chi connectivity index (χ2n) is 4.49. The summed E-state index contributed by atoms with van der Waals surface area (Å²) < 4.78 is 0. The number of rotatable bonds is 2. The SMILES string of the molecule is Clc1ccc(C2CC(c3ccc(Cl)c(Cl)c3)=NN2)cn1. The summed E-state index contributed by atoms with van der Waals surface area (Å²) in [5.41, 5.74) is 6.07. The van der Waals surface area contributed by atoms with E-state index in [1.54, 1.807) is 18.3 Å². The van der Waals surface area contributed by atoms with Crippen molar-refractivity contribution >= 4 is 40.5 Å². The summed E-state index contributed by atoms with van der Waals surface area (Å²) in [6, 6.07) is 9.34. The number of nitrogens with zero attached hydrogens (tertiary/aromatic N) is 2. The van der Waals surface area contributed by atoms with Crippen LogP contribution < -0.4 is 5.43 Å². The van der Waals surface area contributed by atoms with Crippen molar-refractivity contribution in [1.82, 2.24) is 10.4 Å². The lowest BCUT2D eigenvalue weighted by molar-refractivity contribution is 0.618. The number of hydrazone groups is 1. The zero-order valence-electron chi connectivity index (χ0n) is 10.3. The van der Waals surface area contributed by atoms with Crippen molar-refractivity contribution in [3.63, 3.8) is 0 Å². The Morgan fingerprint density at radius 1 is 1.05 bits per heavy atom. The van der Waals surface area contributed by atoms with E-state index >= 15 is 0 Å². The summed E-state index contributed by atoms with van der Waals surface area (Å²) in [5.74, 6) is 0. The first-order chi connectivity index (χ1) is 9.63. The molecular formula is C14H10Cl3N3. The Morgan fingerprint density at radius 2 is 1.90 bits per heavy atom. The van der Waals surface area contributed by atoms with Crippen LogP contribution in [0.15, 0.2) is 41.6 Å². The molecule has 3 rings (SSSR count). The minimum absolute atomic E-state index is 0.101. The monoisotopic (exact) mass is 325 g/mol. The van der Waals surface area contributed by atoms with Crippen LogP contribution in [-0.4, -0.2) is 10.7 Å². The number of hydrogen-bond acceptors (Lipinski definition) is 3. The molecule has 0 saturated carbocycles. The predicted octanol–water partition coefficient (Wildman–Crippen LogP) is 4.48. The first-order valence-corrected chi connectivity index (χ1v) is 7.16. The van der Waals surface area contributed by atoms with Gasteiger partial charge in [0.1, 0.15) is 5.15 Å². The molecule has 1 unspecified atom stereocenters. The minimum Gasteiger partial charge on any atom is -0.302 e. The maximum absolute atomic E-state index is 6.03. The standard InChI is InChI=1S/C14H10Cl3N3/c15-10-3-1-8(5-11(10)16)12-6-13(20-19-12)9-2-4-14(17)18-7-9/h1-5,7,13,20H,6H2. The van der Waals surface area contributed by atoms with Gasteiger partial charge in [0.15, 0.2) is 0 Å². The molecule has 0 saturated heterocycles. The van der Waals surface area contributed by atoms with Crippen LogP contribution in [0.4, 0.5) is 0 Å². The van der Waals surface area contributed by atoms with E-state index < -0.39 is 0 Å². The Labute approximate surface area is 131 Å². The highest BCUT2D eigenvalue weighted by molar-refractivity contribution is 6.42. The fourth-order valence-electron chi connectivity index (χ4n) is 2.08. The number of hydrogen-bond donors (Lipinski definition) is 1. The molecule has 1 aromatic heterocycles. The number of nitrogens with one attached hydrogen (secondary N) is 1. The first kappa shape index (κ1) is 13.7. The van der Waals surface area contributed by atoms with E-state index in [1.807, 2.05) is 18.2 Å². The highest BCUT2D eigenvalue weighted by Crippen LogP contribution is 2.28. The third-order valence-corrected chi connectivity index (χ3v) is 4.12. The lowest BCUT2D eigenvalue weighted by atomic mass is 10.0. The molecule has 0 spiro atoms. The Bertz CT molecular complexity index is 668. The second-order valence-corrected chi connectivity index (χ2v) is 5.69. The molecule has 1 atom stereocenters. The maximum atomic E-state index is 6.03. The van der Waals surface area contributed by atoms with Crippen LogP contribution in [0.25, 0.3) is 0 Å². The van der Waals surface area contributed by atoms with E-state index in [9.17, 15) is 0 Å². The van der Waals surface area contributed by atoms with Gasteiger partial charge in [0.25, 0.3) is 0 Å². The van der Waals surface area contributed by atoms with Crippen molar-refractivity contribution in [3.05, 3.63) is 62.9 Å². The molecule has 0 amide bonds. The number of benzene rings is 1. The number of halogens is 3. The van der Waals surface area contributed by atoms with E-state index in [0.717, 1.165) is 23.3 Å². The molecule has 102 valence electrons. The minimum atomic E-state index is 0.101. The van der Waals surface area contributed by atoms with Gasteiger partial charge in [-0.2, -0.15) is 5.10 Å². The molecule has 1 aromatic carbocycles. The molecule has 0 bridgehead atoms. The van der Waals surface area contributed by atoms with E-state index in [-0.39, 0.29) is 6.04 Å². The van der Waals surface area contributed by atoms with Gasteiger partial charge in [-0.05, 0) is 29.3 Å². The third kappa shape index (κ3) is 2.75. The van der Waals surface area contributed by atoms with Crippen molar-refractivity contribution in [2.45, 2.75) is 12.5 Å². The molecule has 20 heavy (non-hydrogen) atoms. The Balaban J connectivity index is 1.78. The highest BCUT2D eigenvalue weighted by Gasteiger charge is 2.21. The maximum Gasteiger partial charge on any atom is 0.129 e. The van der Waals surface area contributed by atoms with Crippen LogP contribution in [0.3, 0.4) is 0 Å². The van der Waals surface area contributed by atoms with Gasteiger partial charge in [0.2, 0.25) is 0 Å². The van der Waals surface area contributed by atoms with Gasteiger partial charge in [0.05, 0.1) is 21.8 Å². The number of aromatic nitrogens is 1. The van der Waals surface area contributed by atoms with Crippen molar-refractivity contribution in [2.24, 2.45) is 5.10 Å². The van der Waals surface area contributed by atoms with Crippen LogP contribution in [0.5, 0.6) is 0 Å². The van der Waals surface area contributed by atoms with Gasteiger partial charge < -0.3 is 5.43 Å². The molecule has 2 heterocycles. The lowest BCUT2D eigenvalue weighted by Gasteiger charge is -2.09. The van der Waals surface area contributed by atoms with Gasteiger partial charge in [-0.3, -0.25) is 0 Å². The molecule has 2 aromatic rings. The molecule has 0 aliphatic carbocycles. The normalized spacial score (nSPS) is 17.8. The Morgan fingerprint density at radius 3 is 2.60 bits per heavy atom. The predicted molar refractivity (Wildman–Crippen MR) is 82.7 cm³/mol. The van der Waals surface area contributed by atoms with Gasteiger partial charge in [-0.15, -0.1) is 0 Å². The van der Waals surface area contributed by atoms with Crippen molar-refractivity contribution in [1.29, 1.82) is 0 Å². The quantitative estimate of drug-likeness (QED) is 0.826. The van der Waals surface area contributed by atoms with Crippen LogP contribution in [-0.2, 0) is 0 Å². The molecular weight excluding hydrogens is 317 g/mol. The summed E-state index contributed by atoms with van der Waals surface area (Å²) >= 11 is 17.7. The van der Waals surface area contributed by atoms with E-state index in [1.165, 1.54) is 0 Å². The smallest absolute Gasteiger partial charge is 0.129 e. The Kier molecular flexibility index (Phi) is 3.83.